The monoisotopic (exact) mass is 456 g/mol. The van der Waals surface area contributed by atoms with Crippen LogP contribution in [-0.4, -0.2) is 40.2 Å². The number of hydrogen-bond donors (Lipinski definition) is 3. The summed E-state index contributed by atoms with van der Waals surface area (Å²) in [5.74, 6) is -0.658. The molecule has 4 rings (SSSR count). The van der Waals surface area contributed by atoms with Crippen molar-refractivity contribution in [3.05, 3.63) is 78.1 Å². The van der Waals surface area contributed by atoms with E-state index in [0.29, 0.717) is 18.4 Å². The van der Waals surface area contributed by atoms with Crippen LogP contribution in [0.15, 0.2) is 66.9 Å². The summed E-state index contributed by atoms with van der Waals surface area (Å²) in [6.07, 6.45) is 3.38. The minimum Gasteiger partial charge on any atom is -0.361 e. The number of amides is 2. The lowest BCUT2D eigenvalue weighted by atomic mass is 10.0. The predicted molar refractivity (Wildman–Crippen MR) is 132 cm³/mol. The van der Waals surface area contributed by atoms with Gasteiger partial charge in [-0.05, 0) is 36.1 Å². The van der Waals surface area contributed by atoms with E-state index in [4.69, 9.17) is 0 Å². The maximum Gasteiger partial charge on any atom is 0.270 e. The van der Waals surface area contributed by atoms with E-state index in [-0.39, 0.29) is 17.5 Å². The van der Waals surface area contributed by atoms with Gasteiger partial charge in [0.2, 0.25) is 5.91 Å². The fourth-order valence-corrected chi connectivity index (χ4v) is 4.08. The minimum atomic E-state index is -0.786. The second-order valence-corrected chi connectivity index (χ2v) is 8.86. The van der Waals surface area contributed by atoms with E-state index in [2.05, 4.69) is 20.6 Å². The second kappa shape index (κ2) is 10.3. The molecule has 0 unspecified atom stereocenters. The number of H-pyrrole nitrogens is 1. The predicted octanol–water partition coefficient (Wildman–Crippen LogP) is 3.79. The molecule has 0 radical (unpaired) electrons. The molecule has 0 spiro atoms. The van der Waals surface area contributed by atoms with Gasteiger partial charge in [-0.25, -0.2) is 4.98 Å². The molecule has 0 aliphatic rings. The van der Waals surface area contributed by atoms with Gasteiger partial charge in [-0.15, -0.1) is 0 Å². The van der Waals surface area contributed by atoms with Crippen LogP contribution in [0, 0.1) is 5.92 Å². The Bertz CT molecular complexity index is 1330. The first kappa shape index (κ1) is 23.2. The lowest BCUT2D eigenvalue weighted by Crippen LogP contribution is -2.51. The van der Waals surface area contributed by atoms with Gasteiger partial charge < -0.3 is 20.4 Å². The molecule has 0 aliphatic heterocycles. The number of carbonyl (C=O) groups excluding carboxylic acids is 3. The van der Waals surface area contributed by atoms with E-state index >= 15 is 0 Å². The van der Waals surface area contributed by atoms with Gasteiger partial charge in [0.1, 0.15) is 18.0 Å². The zero-order chi connectivity index (χ0) is 24.1. The summed E-state index contributed by atoms with van der Waals surface area (Å²) in [7, 11) is 0. The quantitative estimate of drug-likeness (QED) is 0.333. The average molecular weight is 457 g/mol. The van der Waals surface area contributed by atoms with Crippen LogP contribution in [0.1, 0.15) is 36.3 Å². The topological polar surface area (TPSA) is 104 Å². The van der Waals surface area contributed by atoms with Gasteiger partial charge in [0, 0.05) is 28.9 Å². The van der Waals surface area contributed by atoms with Crippen LogP contribution in [-0.2, 0) is 16.0 Å². The second-order valence-electron chi connectivity index (χ2n) is 8.86. The lowest BCUT2D eigenvalue weighted by Gasteiger charge is -2.22. The fourth-order valence-electron chi connectivity index (χ4n) is 4.08. The van der Waals surface area contributed by atoms with Crippen molar-refractivity contribution in [3.63, 3.8) is 0 Å². The molecule has 0 aliphatic carbocycles. The van der Waals surface area contributed by atoms with Crippen molar-refractivity contribution in [2.75, 3.05) is 0 Å². The van der Waals surface area contributed by atoms with E-state index in [9.17, 15) is 14.4 Å². The Balaban J connectivity index is 1.47. The molecule has 2 aromatic heterocycles. The van der Waals surface area contributed by atoms with E-state index < -0.39 is 18.0 Å². The molecule has 34 heavy (non-hydrogen) atoms. The number of pyridine rings is 1. The summed E-state index contributed by atoms with van der Waals surface area (Å²) in [5, 5.41) is 7.56. The maximum absolute atomic E-state index is 13.1. The summed E-state index contributed by atoms with van der Waals surface area (Å²) in [4.78, 5) is 45.4. The zero-order valence-corrected chi connectivity index (χ0v) is 19.2. The molecule has 7 nitrogen and oxygen atoms in total. The molecular weight excluding hydrogens is 428 g/mol. The van der Waals surface area contributed by atoms with Crippen molar-refractivity contribution in [2.24, 2.45) is 5.92 Å². The van der Waals surface area contributed by atoms with Crippen LogP contribution < -0.4 is 10.6 Å². The van der Waals surface area contributed by atoms with Crippen LogP contribution in [0.25, 0.3) is 21.8 Å². The number of aldehydes is 1. The Morgan fingerprint density at radius 1 is 1.00 bits per heavy atom. The highest BCUT2D eigenvalue weighted by Crippen LogP contribution is 2.19. The summed E-state index contributed by atoms with van der Waals surface area (Å²) in [5.41, 5.74) is 2.87. The standard InChI is InChI=1S/C27H28N4O3/c1-17(2)13-25(31-26(33)24-12-11-18-7-3-5-9-22(18)30-24)27(34)29-20(16-32)14-19-15-28-23-10-6-4-8-21(19)23/h3-12,15-17,20,25,28H,13-14H2,1-2H3,(H,29,34)(H,31,33)/t20-,25-/m0/s1. The van der Waals surface area contributed by atoms with Gasteiger partial charge in [0.25, 0.3) is 5.91 Å². The van der Waals surface area contributed by atoms with Crippen LogP contribution >= 0.6 is 0 Å². The zero-order valence-electron chi connectivity index (χ0n) is 19.2. The highest BCUT2D eigenvalue weighted by molar-refractivity contribution is 5.98. The Hall–Kier alpha value is -4.00. The first-order valence-electron chi connectivity index (χ1n) is 11.4. The van der Waals surface area contributed by atoms with Crippen molar-refractivity contribution in [1.29, 1.82) is 0 Å². The molecule has 4 aromatic rings. The van der Waals surface area contributed by atoms with E-state index in [1.807, 2.05) is 74.6 Å². The molecule has 174 valence electrons. The molecule has 3 N–H and O–H groups in total. The molecule has 0 saturated carbocycles. The highest BCUT2D eigenvalue weighted by atomic mass is 16.2. The number of hydrogen-bond acceptors (Lipinski definition) is 4. The Labute approximate surface area is 198 Å². The van der Waals surface area contributed by atoms with Crippen LogP contribution in [0.4, 0.5) is 0 Å². The number of fused-ring (bicyclic) bond motifs is 2. The molecule has 7 heteroatoms. The number of aromatic amines is 1. The number of para-hydroxylation sites is 2. The number of aromatic nitrogens is 2. The van der Waals surface area contributed by atoms with Crippen LogP contribution in [0.2, 0.25) is 0 Å². The summed E-state index contributed by atoms with van der Waals surface area (Å²) >= 11 is 0. The molecule has 2 amide bonds. The Morgan fingerprint density at radius 2 is 1.76 bits per heavy atom. The number of nitrogens with one attached hydrogen (secondary N) is 3. The third kappa shape index (κ3) is 5.31. The van der Waals surface area contributed by atoms with Gasteiger partial charge in [-0.3, -0.25) is 9.59 Å². The maximum atomic E-state index is 13.1. The first-order chi connectivity index (χ1) is 16.4. The Kier molecular flexibility index (Phi) is 7.01. The fraction of sp³-hybridized carbons (Fsp3) is 0.259. The van der Waals surface area contributed by atoms with E-state index in [1.54, 1.807) is 6.07 Å². The van der Waals surface area contributed by atoms with Gasteiger partial charge in [-0.1, -0.05) is 56.3 Å². The number of carbonyl (C=O) groups is 3. The molecule has 2 heterocycles. The molecule has 0 fully saturated rings. The third-order valence-corrected chi connectivity index (χ3v) is 5.77. The largest absolute Gasteiger partial charge is 0.361 e. The SMILES string of the molecule is CC(C)C[C@H](NC(=O)c1ccc2ccccc2n1)C(=O)N[C@H](C=O)Cc1c[nH]c2ccccc12. The number of benzene rings is 2. The minimum absolute atomic E-state index is 0.156. The first-order valence-corrected chi connectivity index (χ1v) is 11.4. The van der Waals surface area contributed by atoms with E-state index in [1.165, 1.54) is 0 Å². The third-order valence-electron chi connectivity index (χ3n) is 5.77. The van der Waals surface area contributed by atoms with Crippen molar-refractivity contribution in [2.45, 2.75) is 38.8 Å². The summed E-state index contributed by atoms with van der Waals surface area (Å²) in [6.45, 7) is 3.95. The lowest BCUT2D eigenvalue weighted by molar-refractivity contribution is -0.126. The summed E-state index contributed by atoms with van der Waals surface area (Å²) < 4.78 is 0. The Morgan fingerprint density at radius 3 is 2.56 bits per heavy atom. The molecule has 0 bridgehead atoms. The average Bonchev–Trinajstić information content (AvgIpc) is 3.25. The van der Waals surface area contributed by atoms with Gasteiger partial charge in [-0.2, -0.15) is 0 Å². The smallest absolute Gasteiger partial charge is 0.270 e. The number of rotatable bonds is 9. The normalized spacial score (nSPS) is 13.0. The molecule has 2 aromatic carbocycles. The highest BCUT2D eigenvalue weighted by Gasteiger charge is 2.25. The van der Waals surface area contributed by atoms with Gasteiger partial charge in [0.15, 0.2) is 0 Å². The molecule has 2 atom stereocenters. The van der Waals surface area contributed by atoms with Gasteiger partial charge >= 0.3 is 0 Å². The van der Waals surface area contributed by atoms with Crippen LogP contribution in [0.3, 0.4) is 0 Å². The number of nitrogens with zero attached hydrogens (tertiary/aromatic N) is 1. The van der Waals surface area contributed by atoms with Crippen molar-refractivity contribution >= 4 is 39.9 Å². The summed E-state index contributed by atoms with van der Waals surface area (Å²) in [6, 6.07) is 17.3. The van der Waals surface area contributed by atoms with Crippen molar-refractivity contribution in [1.82, 2.24) is 20.6 Å². The van der Waals surface area contributed by atoms with Crippen molar-refractivity contribution in [3.8, 4) is 0 Å². The molecular formula is C27H28N4O3. The molecule has 0 saturated heterocycles. The van der Waals surface area contributed by atoms with Gasteiger partial charge in [0.05, 0.1) is 11.6 Å². The van der Waals surface area contributed by atoms with Crippen LogP contribution in [0.5, 0.6) is 0 Å². The van der Waals surface area contributed by atoms with E-state index in [0.717, 1.165) is 28.1 Å². The van der Waals surface area contributed by atoms with Crippen molar-refractivity contribution < 1.29 is 14.4 Å².